The molecule has 1 fully saturated rings. The van der Waals surface area contributed by atoms with Gasteiger partial charge < -0.3 is 10.4 Å². The Hall–Kier alpha value is -1.35. The third-order valence-electron chi connectivity index (χ3n) is 2.69. The van der Waals surface area contributed by atoms with Crippen molar-refractivity contribution in [1.82, 2.24) is 10.2 Å². The maximum Gasteiger partial charge on any atom is 0.234 e. The highest BCUT2D eigenvalue weighted by atomic mass is 32.1. The molecule has 2 N–H and O–H groups in total. The van der Waals surface area contributed by atoms with Gasteiger partial charge in [0.1, 0.15) is 0 Å². The van der Waals surface area contributed by atoms with E-state index in [4.69, 9.17) is 5.11 Å². The van der Waals surface area contributed by atoms with Crippen LogP contribution in [0.5, 0.6) is 0 Å². The fraction of sp³-hybridized carbons (Fsp3) is 0.462. The first kappa shape index (κ1) is 13.1. The van der Waals surface area contributed by atoms with Gasteiger partial charge in [0.15, 0.2) is 0 Å². The number of aliphatic hydroxyl groups excluding tert-OH is 1. The Balaban J connectivity index is 1.99. The quantitative estimate of drug-likeness (QED) is 0.778. The van der Waals surface area contributed by atoms with Gasteiger partial charge in [-0.15, -0.1) is 11.3 Å². The van der Waals surface area contributed by atoms with Crippen LogP contribution in [0.2, 0.25) is 0 Å². The molecule has 0 aromatic carbocycles. The van der Waals surface area contributed by atoms with E-state index in [1.165, 1.54) is 4.88 Å². The fourth-order valence-corrected chi connectivity index (χ4v) is 2.69. The summed E-state index contributed by atoms with van der Waals surface area (Å²) in [5.74, 6) is 6.09. The van der Waals surface area contributed by atoms with Crippen molar-refractivity contribution in [2.24, 2.45) is 0 Å². The second kappa shape index (κ2) is 6.55. The Kier molecular flexibility index (Phi) is 4.76. The zero-order valence-corrected chi connectivity index (χ0v) is 10.9. The molecular weight excluding hydrogens is 248 g/mol. The van der Waals surface area contributed by atoms with Gasteiger partial charge in [-0.25, -0.2) is 0 Å². The van der Waals surface area contributed by atoms with Crippen LogP contribution in [0.1, 0.15) is 16.9 Å². The standard InChI is InChI=1S/C13H16N2O2S/c16-7-2-1-3-11-4-8-18-12(11)9-15-6-5-14-13(17)10-15/h4,8,16H,2,5-7,9-10H2,(H,14,17). The van der Waals surface area contributed by atoms with E-state index in [0.29, 0.717) is 13.0 Å². The second-order valence-electron chi connectivity index (χ2n) is 4.09. The van der Waals surface area contributed by atoms with Crippen molar-refractivity contribution >= 4 is 17.2 Å². The zero-order valence-electron chi connectivity index (χ0n) is 10.1. The normalized spacial score (nSPS) is 15.9. The molecule has 0 unspecified atom stereocenters. The molecule has 0 radical (unpaired) electrons. The molecule has 4 nitrogen and oxygen atoms in total. The number of aliphatic hydroxyl groups is 1. The van der Waals surface area contributed by atoms with Gasteiger partial charge in [-0.3, -0.25) is 9.69 Å². The van der Waals surface area contributed by atoms with E-state index in [1.807, 2.05) is 11.4 Å². The lowest BCUT2D eigenvalue weighted by atomic mass is 10.2. The summed E-state index contributed by atoms with van der Waals surface area (Å²) in [5.41, 5.74) is 1.01. The lowest BCUT2D eigenvalue weighted by Crippen LogP contribution is -2.47. The summed E-state index contributed by atoms with van der Waals surface area (Å²) >= 11 is 1.66. The summed E-state index contributed by atoms with van der Waals surface area (Å²) in [5, 5.41) is 13.5. The van der Waals surface area contributed by atoms with Crippen LogP contribution in [0, 0.1) is 11.8 Å². The van der Waals surface area contributed by atoms with E-state index in [9.17, 15) is 4.79 Å². The lowest BCUT2D eigenvalue weighted by Gasteiger charge is -2.25. The van der Waals surface area contributed by atoms with Crippen LogP contribution in [-0.2, 0) is 11.3 Å². The Morgan fingerprint density at radius 2 is 2.44 bits per heavy atom. The van der Waals surface area contributed by atoms with Gasteiger partial charge in [-0.1, -0.05) is 11.8 Å². The fourth-order valence-electron chi connectivity index (χ4n) is 1.82. The minimum absolute atomic E-state index is 0.0886. The molecule has 1 amide bonds. The van der Waals surface area contributed by atoms with E-state index in [2.05, 4.69) is 22.1 Å². The van der Waals surface area contributed by atoms with E-state index in [-0.39, 0.29) is 12.5 Å². The summed E-state index contributed by atoms with van der Waals surface area (Å²) < 4.78 is 0. The number of nitrogens with zero attached hydrogens (tertiary/aromatic N) is 1. The number of carbonyl (C=O) groups excluding carboxylic acids is 1. The molecule has 2 rings (SSSR count). The Labute approximate surface area is 111 Å². The van der Waals surface area contributed by atoms with Crippen molar-refractivity contribution in [3.05, 3.63) is 21.9 Å². The van der Waals surface area contributed by atoms with Gasteiger partial charge in [0.05, 0.1) is 13.2 Å². The number of thiophene rings is 1. The van der Waals surface area contributed by atoms with Crippen LogP contribution in [0.3, 0.4) is 0 Å². The number of rotatable bonds is 3. The predicted octanol–water partition coefficient (Wildman–Crippen LogP) is 0.414. The summed E-state index contributed by atoms with van der Waals surface area (Å²) in [6, 6.07) is 1.99. The molecular formula is C13H16N2O2S. The van der Waals surface area contributed by atoms with E-state index >= 15 is 0 Å². The topological polar surface area (TPSA) is 52.6 Å². The van der Waals surface area contributed by atoms with Crippen LogP contribution < -0.4 is 5.32 Å². The Morgan fingerprint density at radius 3 is 3.22 bits per heavy atom. The van der Waals surface area contributed by atoms with Crippen molar-refractivity contribution in [3.8, 4) is 11.8 Å². The first-order valence-corrected chi connectivity index (χ1v) is 6.82. The molecule has 1 aromatic heterocycles. The molecule has 0 bridgehead atoms. The zero-order chi connectivity index (χ0) is 12.8. The molecule has 0 saturated carbocycles. The SMILES string of the molecule is O=C1CN(Cc2sccc2C#CCCO)CCN1. The summed E-state index contributed by atoms with van der Waals surface area (Å²) in [6.45, 7) is 2.93. The van der Waals surface area contributed by atoms with Crippen molar-refractivity contribution in [3.63, 3.8) is 0 Å². The second-order valence-corrected chi connectivity index (χ2v) is 5.09. The van der Waals surface area contributed by atoms with Crippen molar-refractivity contribution in [2.75, 3.05) is 26.2 Å². The van der Waals surface area contributed by atoms with Gasteiger partial charge in [0.25, 0.3) is 0 Å². The van der Waals surface area contributed by atoms with Crippen molar-refractivity contribution < 1.29 is 9.90 Å². The van der Waals surface area contributed by atoms with Gasteiger partial charge in [0, 0.05) is 36.5 Å². The number of hydrogen-bond acceptors (Lipinski definition) is 4. The maximum atomic E-state index is 11.3. The number of nitrogens with one attached hydrogen (secondary N) is 1. The predicted molar refractivity (Wildman–Crippen MR) is 71.2 cm³/mol. The monoisotopic (exact) mass is 264 g/mol. The molecule has 18 heavy (non-hydrogen) atoms. The maximum absolute atomic E-state index is 11.3. The van der Waals surface area contributed by atoms with Crippen LogP contribution in [0.4, 0.5) is 0 Å². The molecule has 1 aliphatic rings. The molecule has 1 aliphatic heterocycles. The van der Waals surface area contributed by atoms with Gasteiger partial charge in [-0.2, -0.15) is 0 Å². The highest BCUT2D eigenvalue weighted by molar-refractivity contribution is 7.10. The average Bonchev–Trinajstić information content (AvgIpc) is 2.77. The first-order valence-electron chi connectivity index (χ1n) is 5.95. The van der Waals surface area contributed by atoms with Crippen molar-refractivity contribution in [2.45, 2.75) is 13.0 Å². The summed E-state index contributed by atoms with van der Waals surface area (Å²) in [7, 11) is 0. The third kappa shape index (κ3) is 3.57. The third-order valence-corrected chi connectivity index (χ3v) is 3.60. The van der Waals surface area contributed by atoms with E-state index in [1.54, 1.807) is 11.3 Å². The van der Waals surface area contributed by atoms with Crippen LogP contribution in [0.15, 0.2) is 11.4 Å². The van der Waals surface area contributed by atoms with Gasteiger partial charge in [0.2, 0.25) is 5.91 Å². The number of amides is 1. The molecule has 1 saturated heterocycles. The minimum Gasteiger partial charge on any atom is -0.395 e. The molecule has 1 aromatic rings. The Bertz CT molecular complexity index is 473. The molecule has 2 heterocycles. The average molecular weight is 264 g/mol. The molecule has 0 aliphatic carbocycles. The van der Waals surface area contributed by atoms with Crippen molar-refractivity contribution in [1.29, 1.82) is 0 Å². The van der Waals surface area contributed by atoms with Gasteiger partial charge in [-0.05, 0) is 11.4 Å². The lowest BCUT2D eigenvalue weighted by molar-refractivity contribution is -0.124. The largest absolute Gasteiger partial charge is 0.395 e. The molecule has 5 heteroatoms. The smallest absolute Gasteiger partial charge is 0.234 e. The number of piperazine rings is 1. The summed E-state index contributed by atoms with van der Waals surface area (Å²) in [6.07, 6.45) is 0.501. The molecule has 0 spiro atoms. The number of carbonyl (C=O) groups is 1. The van der Waals surface area contributed by atoms with Crippen LogP contribution in [0.25, 0.3) is 0 Å². The van der Waals surface area contributed by atoms with Gasteiger partial charge >= 0.3 is 0 Å². The van der Waals surface area contributed by atoms with E-state index in [0.717, 1.165) is 25.2 Å². The number of hydrogen-bond donors (Lipinski definition) is 2. The van der Waals surface area contributed by atoms with Crippen LogP contribution >= 0.6 is 11.3 Å². The van der Waals surface area contributed by atoms with E-state index < -0.39 is 0 Å². The Morgan fingerprint density at radius 1 is 1.56 bits per heavy atom. The summed E-state index contributed by atoms with van der Waals surface area (Å²) in [4.78, 5) is 14.6. The molecule has 0 atom stereocenters. The van der Waals surface area contributed by atoms with Crippen LogP contribution in [-0.4, -0.2) is 42.2 Å². The molecule has 96 valence electrons. The minimum atomic E-state index is 0.0886. The highest BCUT2D eigenvalue weighted by Gasteiger charge is 2.17. The first-order chi connectivity index (χ1) is 8.79. The highest BCUT2D eigenvalue weighted by Crippen LogP contribution is 2.18.